The number of hydrogen-bond donors (Lipinski definition) is 2. The molecule has 0 spiro atoms. The lowest BCUT2D eigenvalue weighted by molar-refractivity contribution is 0.208. The molecule has 0 amide bonds. The van der Waals surface area contributed by atoms with E-state index < -0.39 is 0 Å². The zero-order chi connectivity index (χ0) is 12.5. The molecule has 3 N–H and O–H groups in total. The molecule has 0 aliphatic carbocycles. The molecule has 18 heavy (non-hydrogen) atoms. The molecule has 1 aliphatic heterocycles. The molecule has 1 aliphatic rings. The van der Waals surface area contributed by atoms with Gasteiger partial charge in [0.1, 0.15) is 0 Å². The molecule has 2 aromatic heterocycles. The quantitative estimate of drug-likeness (QED) is 0.872. The van der Waals surface area contributed by atoms with E-state index in [1.165, 1.54) is 0 Å². The Morgan fingerprint density at radius 3 is 3.22 bits per heavy atom. The van der Waals surface area contributed by atoms with Crippen LogP contribution in [0.15, 0.2) is 11.6 Å². The van der Waals surface area contributed by atoms with Crippen molar-refractivity contribution in [3.63, 3.8) is 0 Å². The van der Waals surface area contributed by atoms with Crippen molar-refractivity contribution in [1.29, 1.82) is 0 Å². The first kappa shape index (κ1) is 12.0. The van der Waals surface area contributed by atoms with Crippen molar-refractivity contribution >= 4 is 22.1 Å². The summed E-state index contributed by atoms with van der Waals surface area (Å²) >= 11 is 1.63. The number of imidazole rings is 1. The van der Waals surface area contributed by atoms with Gasteiger partial charge in [0.2, 0.25) is 0 Å². The topological polar surface area (TPSA) is 66.8 Å². The van der Waals surface area contributed by atoms with Crippen LogP contribution in [0.5, 0.6) is 0 Å². The fourth-order valence-corrected chi connectivity index (χ4v) is 3.40. The van der Waals surface area contributed by atoms with Crippen LogP contribution in [0.4, 0.5) is 5.82 Å². The van der Waals surface area contributed by atoms with Gasteiger partial charge in [-0.2, -0.15) is 0 Å². The maximum absolute atomic E-state index is 9.31. The Bertz CT molecular complexity index is 535. The van der Waals surface area contributed by atoms with E-state index in [4.69, 9.17) is 5.73 Å². The highest BCUT2D eigenvalue weighted by Gasteiger charge is 2.24. The first-order chi connectivity index (χ1) is 8.83. The van der Waals surface area contributed by atoms with Crippen LogP contribution in [-0.2, 0) is 6.54 Å². The summed E-state index contributed by atoms with van der Waals surface area (Å²) in [6.45, 7) is 2.65. The summed E-state index contributed by atoms with van der Waals surface area (Å²) in [5.74, 6) is 1.37. The molecule has 1 unspecified atom stereocenters. The molecule has 1 atom stereocenters. The van der Waals surface area contributed by atoms with Gasteiger partial charge in [-0.05, 0) is 18.8 Å². The minimum Gasteiger partial charge on any atom is -0.396 e. The Kier molecular flexibility index (Phi) is 3.23. The monoisotopic (exact) mass is 266 g/mol. The second-order valence-corrected chi connectivity index (χ2v) is 5.65. The van der Waals surface area contributed by atoms with E-state index in [1.807, 2.05) is 11.6 Å². The van der Waals surface area contributed by atoms with E-state index in [1.54, 1.807) is 11.3 Å². The fourth-order valence-electron chi connectivity index (χ4n) is 2.67. The number of nitrogens with zero attached hydrogens (tertiary/aromatic N) is 3. The molecule has 0 saturated carbocycles. The predicted molar refractivity (Wildman–Crippen MR) is 73.0 cm³/mol. The summed E-state index contributed by atoms with van der Waals surface area (Å²) in [6.07, 6.45) is 4.24. The number of rotatable bonds is 3. The van der Waals surface area contributed by atoms with Gasteiger partial charge in [0, 0.05) is 37.8 Å². The highest BCUT2D eigenvalue weighted by Crippen LogP contribution is 2.28. The normalized spacial score (nSPS) is 20.8. The third-order valence-electron chi connectivity index (χ3n) is 3.61. The number of aliphatic hydroxyl groups excluding tert-OH is 1. The second-order valence-electron chi connectivity index (χ2n) is 4.78. The van der Waals surface area contributed by atoms with Crippen molar-refractivity contribution in [3.05, 3.63) is 17.3 Å². The molecule has 1 saturated heterocycles. The molecular weight excluding hydrogens is 248 g/mol. The second kappa shape index (κ2) is 4.87. The van der Waals surface area contributed by atoms with Crippen LogP contribution >= 0.6 is 11.3 Å². The number of aliphatic hydroxyl groups is 1. The van der Waals surface area contributed by atoms with Crippen LogP contribution in [0, 0.1) is 5.92 Å². The van der Waals surface area contributed by atoms with E-state index in [9.17, 15) is 5.11 Å². The van der Waals surface area contributed by atoms with Crippen molar-refractivity contribution in [2.75, 3.05) is 24.6 Å². The van der Waals surface area contributed by atoms with Crippen LogP contribution in [0.1, 0.15) is 18.5 Å². The molecule has 98 valence electrons. The highest BCUT2D eigenvalue weighted by atomic mass is 32.1. The average molecular weight is 266 g/mol. The number of nitrogens with two attached hydrogens (primary N) is 1. The van der Waals surface area contributed by atoms with Crippen molar-refractivity contribution in [1.82, 2.24) is 9.38 Å². The Morgan fingerprint density at radius 2 is 2.44 bits per heavy atom. The van der Waals surface area contributed by atoms with E-state index in [-0.39, 0.29) is 6.61 Å². The SMILES string of the molecule is NCc1c(N2CCCC(CO)C2)nc2sccn12. The fraction of sp³-hybridized carbons (Fsp3) is 0.583. The molecule has 3 rings (SSSR count). The van der Waals surface area contributed by atoms with E-state index in [0.717, 1.165) is 42.4 Å². The maximum Gasteiger partial charge on any atom is 0.195 e. The Balaban J connectivity index is 1.95. The molecule has 0 bridgehead atoms. The van der Waals surface area contributed by atoms with Gasteiger partial charge in [-0.15, -0.1) is 11.3 Å². The lowest BCUT2D eigenvalue weighted by atomic mass is 9.99. The van der Waals surface area contributed by atoms with Gasteiger partial charge in [-0.3, -0.25) is 4.40 Å². The molecular formula is C12H18N4OS. The zero-order valence-electron chi connectivity index (χ0n) is 10.2. The largest absolute Gasteiger partial charge is 0.396 e. The van der Waals surface area contributed by atoms with Gasteiger partial charge in [0.05, 0.1) is 5.69 Å². The summed E-state index contributed by atoms with van der Waals surface area (Å²) in [7, 11) is 0. The summed E-state index contributed by atoms with van der Waals surface area (Å²) in [4.78, 5) is 7.95. The van der Waals surface area contributed by atoms with Crippen LogP contribution in [-0.4, -0.2) is 34.2 Å². The average Bonchev–Trinajstić information content (AvgIpc) is 2.98. The van der Waals surface area contributed by atoms with Gasteiger partial charge < -0.3 is 15.7 Å². The van der Waals surface area contributed by atoms with Crippen LogP contribution in [0.2, 0.25) is 0 Å². The van der Waals surface area contributed by atoms with E-state index in [2.05, 4.69) is 14.3 Å². The summed E-state index contributed by atoms with van der Waals surface area (Å²) < 4.78 is 2.07. The first-order valence-electron chi connectivity index (χ1n) is 6.33. The van der Waals surface area contributed by atoms with Crippen molar-refractivity contribution < 1.29 is 5.11 Å². The van der Waals surface area contributed by atoms with E-state index >= 15 is 0 Å². The van der Waals surface area contributed by atoms with Gasteiger partial charge in [-0.1, -0.05) is 0 Å². The lowest BCUT2D eigenvalue weighted by Crippen LogP contribution is -2.37. The molecule has 3 heterocycles. The molecule has 5 nitrogen and oxygen atoms in total. The van der Waals surface area contributed by atoms with Crippen molar-refractivity contribution in [2.45, 2.75) is 19.4 Å². The van der Waals surface area contributed by atoms with Crippen molar-refractivity contribution in [2.24, 2.45) is 11.7 Å². The summed E-state index contributed by atoms with van der Waals surface area (Å²) in [5.41, 5.74) is 6.94. The standard InChI is InChI=1S/C12H18N4OS/c13-6-10-11(14-12-16(10)4-5-18-12)15-3-1-2-9(7-15)8-17/h4-5,9,17H,1-3,6-8,13H2. The Labute approximate surface area is 110 Å². The van der Waals surface area contributed by atoms with E-state index in [0.29, 0.717) is 12.5 Å². The minimum absolute atomic E-state index is 0.261. The first-order valence-corrected chi connectivity index (χ1v) is 7.21. The smallest absolute Gasteiger partial charge is 0.195 e. The zero-order valence-corrected chi connectivity index (χ0v) is 11.1. The van der Waals surface area contributed by atoms with Gasteiger partial charge in [0.25, 0.3) is 0 Å². The van der Waals surface area contributed by atoms with Crippen LogP contribution < -0.4 is 10.6 Å². The predicted octanol–water partition coefficient (Wildman–Crippen LogP) is 1.06. The molecule has 6 heteroatoms. The molecule has 0 aromatic carbocycles. The molecule has 2 aromatic rings. The summed E-state index contributed by atoms with van der Waals surface area (Å²) in [6, 6.07) is 0. The third kappa shape index (κ3) is 1.90. The number of fused-ring (bicyclic) bond motifs is 1. The molecule has 0 radical (unpaired) electrons. The van der Waals surface area contributed by atoms with Gasteiger partial charge in [0.15, 0.2) is 10.8 Å². The maximum atomic E-state index is 9.31. The Hall–Kier alpha value is -1.11. The number of anilines is 1. The number of piperidine rings is 1. The number of hydrogen-bond acceptors (Lipinski definition) is 5. The van der Waals surface area contributed by atoms with Crippen LogP contribution in [0.25, 0.3) is 4.96 Å². The molecule has 1 fully saturated rings. The third-order valence-corrected chi connectivity index (χ3v) is 4.37. The number of thiazole rings is 1. The lowest BCUT2D eigenvalue weighted by Gasteiger charge is -2.32. The summed E-state index contributed by atoms with van der Waals surface area (Å²) in [5, 5.41) is 11.3. The minimum atomic E-state index is 0.261. The van der Waals surface area contributed by atoms with Crippen LogP contribution in [0.3, 0.4) is 0 Å². The van der Waals surface area contributed by atoms with Gasteiger partial charge >= 0.3 is 0 Å². The van der Waals surface area contributed by atoms with Gasteiger partial charge in [-0.25, -0.2) is 4.98 Å². The van der Waals surface area contributed by atoms with Crippen molar-refractivity contribution in [3.8, 4) is 0 Å². The Morgan fingerprint density at radius 1 is 1.56 bits per heavy atom. The number of aromatic nitrogens is 2. The highest BCUT2D eigenvalue weighted by molar-refractivity contribution is 7.15.